The SMILES string of the molecule is CC(=O)OC1C(C)=CC(CCc2ccccc2)CC1C. The topological polar surface area (TPSA) is 26.3 Å². The van der Waals surface area contributed by atoms with Crippen molar-refractivity contribution in [2.24, 2.45) is 11.8 Å². The third-order valence-corrected chi connectivity index (χ3v) is 4.08. The van der Waals surface area contributed by atoms with Crippen LogP contribution in [0.5, 0.6) is 0 Å². The van der Waals surface area contributed by atoms with Gasteiger partial charge in [-0.05, 0) is 49.2 Å². The molecule has 1 aromatic carbocycles. The second-order valence-electron chi connectivity index (χ2n) is 5.94. The standard InChI is InChI=1S/C18H24O2/c1-13-11-17(10-9-16-7-5-4-6-8-16)12-14(2)18(13)20-15(3)19/h4-8,11,14,17-18H,9-10,12H2,1-3H3. The quantitative estimate of drug-likeness (QED) is 0.608. The summed E-state index contributed by atoms with van der Waals surface area (Å²) in [6.07, 6.45) is 5.65. The highest BCUT2D eigenvalue weighted by Gasteiger charge is 2.29. The van der Waals surface area contributed by atoms with E-state index in [-0.39, 0.29) is 12.1 Å². The van der Waals surface area contributed by atoms with E-state index in [2.05, 4.69) is 50.3 Å². The van der Waals surface area contributed by atoms with Crippen LogP contribution in [0.4, 0.5) is 0 Å². The van der Waals surface area contributed by atoms with E-state index in [1.807, 2.05) is 0 Å². The Hall–Kier alpha value is -1.57. The minimum absolute atomic E-state index is 0.0273. The summed E-state index contributed by atoms with van der Waals surface area (Å²) in [5.74, 6) is 0.819. The van der Waals surface area contributed by atoms with E-state index >= 15 is 0 Å². The van der Waals surface area contributed by atoms with Gasteiger partial charge in [0.05, 0.1) is 0 Å². The molecule has 0 fully saturated rings. The Morgan fingerprint density at radius 3 is 2.60 bits per heavy atom. The Morgan fingerprint density at radius 2 is 2.00 bits per heavy atom. The lowest BCUT2D eigenvalue weighted by atomic mass is 9.79. The van der Waals surface area contributed by atoms with Crippen LogP contribution in [-0.2, 0) is 16.0 Å². The van der Waals surface area contributed by atoms with Gasteiger partial charge in [0, 0.05) is 6.92 Å². The fraction of sp³-hybridized carbons (Fsp3) is 0.500. The minimum atomic E-state index is -0.183. The summed E-state index contributed by atoms with van der Waals surface area (Å²) in [5, 5.41) is 0. The summed E-state index contributed by atoms with van der Waals surface area (Å²) in [7, 11) is 0. The molecule has 0 aliphatic heterocycles. The lowest BCUT2D eigenvalue weighted by molar-refractivity contribution is -0.147. The largest absolute Gasteiger partial charge is 0.458 e. The van der Waals surface area contributed by atoms with Gasteiger partial charge in [-0.15, -0.1) is 0 Å². The first kappa shape index (κ1) is 14.8. The van der Waals surface area contributed by atoms with Crippen LogP contribution >= 0.6 is 0 Å². The molecule has 0 radical (unpaired) electrons. The van der Waals surface area contributed by atoms with Crippen molar-refractivity contribution in [3.05, 3.63) is 47.5 Å². The van der Waals surface area contributed by atoms with Gasteiger partial charge in [-0.1, -0.05) is 43.3 Å². The van der Waals surface area contributed by atoms with Gasteiger partial charge in [0.25, 0.3) is 0 Å². The van der Waals surface area contributed by atoms with Crippen molar-refractivity contribution < 1.29 is 9.53 Å². The van der Waals surface area contributed by atoms with E-state index in [0.717, 1.165) is 12.8 Å². The van der Waals surface area contributed by atoms with Crippen LogP contribution in [0.2, 0.25) is 0 Å². The molecule has 1 aliphatic carbocycles. The molecule has 2 rings (SSSR count). The Labute approximate surface area is 121 Å². The summed E-state index contributed by atoms with van der Waals surface area (Å²) in [4.78, 5) is 11.1. The summed E-state index contributed by atoms with van der Waals surface area (Å²) in [5.41, 5.74) is 2.60. The number of allylic oxidation sites excluding steroid dienone is 1. The van der Waals surface area contributed by atoms with Gasteiger partial charge in [0.1, 0.15) is 6.10 Å². The highest BCUT2D eigenvalue weighted by atomic mass is 16.5. The van der Waals surface area contributed by atoms with E-state index < -0.39 is 0 Å². The van der Waals surface area contributed by atoms with Crippen molar-refractivity contribution in [3.8, 4) is 0 Å². The molecule has 0 heterocycles. The minimum Gasteiger partial charge on any atom is -0.458 e. The predicted molar refractivity (Wildman–Crippen MR) is 81.3 cm³/mol. The Balaban J connectivity index is 1.94. The van der Waals surface area contributed by atoms with Crippen LogP contribution < -0.4 is 0 Å². The number of carbonyl (C=O) groups excluding carboxylic acids is 1. The summed E-state index contributed by atoms with van der Waals surface area (Å²) >= 11 is 0. The molecule has 0 bridgehead atoms. The van der Waals surface area contributed by atoms with Crippen molar-refractivity contribution in [3.63, 3.8) is 0 Å². The molecule has 0 spiro atoms. The summed E-state index contributed by atoms with van der Waals surface area (Å²) in [6, 6.07) is 10.6. The molecule has 2 heteroatoms. The first-order valence-corrected chi connectivity index (χ1v) is 7.45. The smallest absolute Gasteiger partial charge is 0.303 e. The monoisotopic (exact) mass is 272 g/mol. The molecule has 0 saturated heterocycles. The van der Waals surface area contributed by atoms with Crippen LogP contribution in [0.3, 0.4) is 0 Å². The van der Waals surface area contributed by atoms with Crippen LogP contribution in [-0.4, -0.2) is 12.1 Å². The first-order valence-electron chi connectivity index (χ1n) is 7.45. The lowest BCUT2D eigenvalue weighted by Crippen LogP contribution is -2.30. The maximum atomic E-state index is 11.1. The van der Waals surface area contributed by atoms with Crippen molar-refractivity contribution >= 4 is 5.97 Å². The van der Waals surface area contributed by atoms with E-state index in [1.165, 1.54) is 24.5 Å². The molecule has 1 aliphatic rings. The highest BCUT2D eigenvalue weighted by molar-refractivity contribution is 5.66. The number of hydrogen-bond acceptors (Lipinski definition) is 2. The Bertz CT molecular complexity index is 475. The average Bonchev–Trinajstić information content (AvgIpc) is 2.41. The van der Waals surface area contributed by atoms with Crippen LogP contribution in [0, 0.1) is 11.8 Å². The van der Waals surface area contributed by atoms with Crippen molar-refractivity contribution in [2.75, 3.05) is 0 Å². The zero-order valence-electron chi connectivity index (χ0n) is 12.6. The fourth-order valence-corrected chi connectivity index (χ4v) is 3.17. The molecule has 0 N–H and O–H groups in total. The zero-order chi connectivity index (χ0) is 14.5. The Morgan fingerprint density at radius 1 is 1.30 bits per heavy atom. The van der Waals surface area contributed by atoms with Crippen LogP contribution in [0.1, 0.15) is 39.2 Å². The van der Waals surface area contributed by atoms with Gasteiger partial charge in [0.15, 0.2) is 0 Å². The molecule has 0 saturated carbocycles. The number of rotatable bonds is 4. The van der Waals surface area contributed by atoms with E-state index in [9.17, 15) is 4.79 Å². The van der Waals surface area contributed by atoms with E-state index in [4.69, 9.17) is 4.74 Å². The number of ether oxygens (including phenoxy) is 1. The molecular formula is C18H24O2. The van der Waals surface area contributed by atoms with Gasteiger partial charge in [-0.2, -0.15) is 0 Å². The third-order valence-electron chi connectivity index (χ3n) is 4.08. The summed E-state index contributed by atoms with van der Waals surface area (Å²) in [6.45, 7) is 5.75. The lowest BCUT2D eigenvalue weighted by Gasteiger charge is -2.32. The second-order valence-corrected chi connectivity index (χ2v) is 5.94. The second kappa shape index (κ2) is 6.74. The highest BCUT2D eigenvalue weighted by Crippen LogP contribution is 2.32. The maximum Gasteiger partial charge on any atom is 0.303 e. The zero-order valence-corrected chi connectivity index (χ0v) is 12.6. The fourth-order valence-electron chi connectivity index (χ4n) is 3.17. The normalized spacial score (nSPS) is 25.9. The van der Waals surface area contributed by atoms with Gasteiger partial charge in [-0.25, -0.2) is 0 Å². The van der Waals surface area contributed by atoms with Crippen molar-refractivity contribution in [1.82, 2.24) is 0 Å². The van der Waals surface area contributed by atoms with Gasteiger partial charge in [0.2, 0.25) is 0 Å². The van der Waals surface area contributed by atoms with Crippen LogP contribution in [0.25, 0.3) is 0 Å². The average molecular weight is 272 g/mol. The molecular weight excluding hydrogens is 248 g/mol. The van der Waals surface area contributed by atoms with Gasteiger partial charge < -0.3 is 4.74 Å². The van der Waals surface area contributed by atoms with Gasteiger partial charge >= 0.3 is 5.97 Å². The molecule has 3 unspecified atom stereocenters. The molecule has 0 amide bonds. The maximum absolute atomic E-state index is 11.1. The number of benzene rings is 1. The molecule has 0 aromatic heterocycles. The number of aryl methyl sites for hydroxylation is 1. The first-order chi connectivity index (χ1) is 9.56. The van der Waals surface area contributed by atoms with Crippen molar-refractivity contribution in [1.29, 1.82) is 0 Å². The molecule has 20 heavy (non-hydrogen) atoms. The van der Waals surface area contributed by atoms with E-state index in [0.29, 0.717) is 11.8 Å². The molecule has 1 aromatic rings. The predicted octanol–water partition coefficient (Wildman–Crippen LogP) is 4.15. The molecule has 3 atom stereocenters. The summed E-state index contributed by atoms with van der Waals surface area (Å²) < 4.78 is 5.42. The Kier molecular flexibility index (Phi) is 4.99. The number of esters is 1. The third kappa shape index (κ3) is 3.96. The molecule has 108 valence electrons. The van der Waals surface area contributed by atoms with Gasteiger partial charge in [-0.3, -0.25) is 4.79 Å². The molecule has 2 nitrogen and oxygen atoms in total. The van der Waals surface area contributed by atoms with Crippen molar-refractivity contribution in [2.45, 2.75) is 46.1 Å². The van der Waals surface area contributed by atoms with E-state index in [1.54, 1.807) is 0 Å². The number of carbonyl (C=O) groups is 1. The number of hydrogen-bond donors (Lipinski definition) is 0. The van der Waals surface area contributed by atoms with Crippen LogP contribution in [0.15, 0.2) is 42.0 Å².